The first kappa shape index (κ1) is 15.1. The molecular formula is C17H17N4O2S2+. The van der Waals surface area contributed by atoms with Gasteiger partial charge in [-0.25, -0.2) is 0 Å². The fraction of sp³-hybridized carbons (Fsp3) is 0.294. The molecule has 5 rings (SSSR count). The Bertz CT molecular complexity index is 982. The molecule has 0 aromatic carbocycles. The van der Waals surface area contributed by atoms with Gasteiger partial charge in [-0.15, -0.1) is 16.4 Å². The summed E-state index contributed by atoms with van der Waals surface area (Å²) in [5.74, 6) is 1.30. The van der Waals surface area contributed by atoms with Gasteiger partial charge >= 0.3 is 0 Å². The molecule has 0 amide bonds. The number of thiophene rings is 1. The third-order valence-corrected chi connectivity index (χ3v) is 6.71. The molecule has 0 radical (unpaired) electrons. The van der Waals surface area contributed by atoms with Crippen LogP contribution in [-0.4, -0.2) is 32.8 Å². The summed E-state index contributed by atoms with van der Waals surface area (Å²) in [5, 5.41) is 17.4. The Morgan fingerprint density at radius 2 is 2.12 bits per heavy atom. The maximum absolute atomic E-state index is 10.9. The van der Waals surface area contributed by atoms with Gasteiger partial charge in [0.25, 0.3) is 0 Å². The summed E-state index contributed by atoms with van der Waals surface area (Å²) in [6.45, 7) is 2.26. The fourth-order valence-electron chi connectivity index (χ4n) is 3.54. The van der Waals surface area contributed by atoms with E-state index in [0.29, 0.717) is 16.5 Å². The number of hydrogen-bond acceptors (Lipinski definition) is 6. The number of fused-ring (bicyclic) bond motifs is 1. The minimum Gasteiger partial charge on any atom is -0.492 e. The summed E-state index contributed by atoms with van der Waals surface area (Å²) in [7, 11) is 0. The van der Waals surface area contributed by atoms with Gasteiger partial charge in [0.1, 0.15) is 4.88 Å². The van der Waals surface area contributed by atoms with Gasteiger partial charge in [0, 0.05) is 12.8 Å². The van der Waals surface area contributed by atoms with E-state index in [2.05, 4.69) is 27.6 Å². The SMILES string of the molecule is Oc1c([C@H](c2cccs2)[NH+]2CCCC2)sc2nc(-c3ccco3)nn12. The molecule has 1 saturated heterocycles. The minimum absolute atomic E-state index is 0.156. The summed E-state index contributed by atoms with van der Waals surface area (Å²) >= 11 is 3.26. The van der Waals surface area contributed by atoms with Crippen LogP contribution in [0.1, 0.15) is 28.6 Å². The highest BCUT2D eigenvalue weighted by molar-refractivity contribution is 7.17. The molecular weight excluding hydrogens is 356 g/mol. The maximum Gasteiger partial charge on any atom is 0.235 e. The molecule has 0 unspecified atom stereocenters. The van der Waals surface area contributed by atoms with Crippen molar-refractivity contribution >= 4 is 27.6 Å². The third-order valence-electron chi connectivity index (χ3n) is 4.69. The highest BCUT2D eigenvalue weighted by atomic mass is 32.1. The zero-order valence-electron chi connectivity index (χ0n) is 13.4. The number of furan rings is 1. The van der Waals surface area contributed by atoms with Crippen molar-refractivity contribution in [2.45, 2.75) is 18.9 Å². The molecule has 0 saturated carbocycles. The van der Waals surface area contributed by atoms with E-state index in [1.165, 1.54) is 38.5 Å². The lowest BCUT2D eigenvalue weighted by Gasteiger charge is -2.22. The second-order valence-corrected chi connectivity index (χ2v) is 8.20. The van der Waals surface area contributed by atoms with Crippen molar-refractivity contribution in [2.75, 3.05) is 13.1 Å². The molecule has 2 N–H and O–H groups in total. The molecule has 5 heterocycles. The van der Waals surface area contributed by atoms with Crippen LogP contribution in [0.25, 0.3) is 16.5 Å². The Labute approximate surface area is 152 Å². The van der Waals surface area contributed by atoms with Crippen molar-refractivity contribution in [3.8, 4) is 17.5 Å². The van der Waals surface area contributed by atoms with Crippen molar-refractivity contribution in [2.24, 2.45) is 0 Å². The largest absolute Gasteiger partial charge is 0.492 e. The van der Waals surface area contributed by atoms with E-state index in [1.807, 2.05) is 6.07 Å². The van der Waals surface area contributed by atoms with E-state index in [4.69, 9.17) is 4.42 Å². The molecule has 1 fully saturated rings. The van der Waals surface area contributed by atoms with Gasteiger partial charge < -0.3 is 14.4 Å². The van der Waals surface area contributed by atoms with Crippen LogP contribution >= 0.6 is 22.7 Å². The van der Waals surface area contributed by atoms with E-state index in [9.17, 15) is 5.11 Å². The number of likely N-dealkylation sites (tertiary alicyclic amines) is 1. The number of quaternary nitrogens is 1. The second-order valence-electron chi connectivity index (χ2n) is 6.21. The normalized spacial score (nSPS) is 16.8. The van der Waals surface area contributed by atoms with Gasteiger partial charge in [-0.1, -0.05) is 17.4 Å². The van der Waals surface area contributed by atoms with Crippen molar-refractivity contribution < 1.29 is 14.4 Å². The van der Waals surface area contributed by atoms with Crippen LogP contribution in [0.3, 0.4) is 0 Å². The summed E-state index contributed by atoms with van der Waals surface area (Å²) in [6.07, 6.45) is 4.07. The lowest BCUT2D eigenvalue weighted by atomic mass is 10.2. The maximum atomic E-state index is 10.9. The molecule has 1 aliphatic heterocycles. The van der Waals surface area contributed by atoms with Crippen LogP contribution in [0, 0.1) is 0 Å². The average Bonchev–Trinajstić information content (AvgIpc) is 3.42. The number of nitrogens with one attached hydrogen (secondary N) is 1. The molecule has 6 nitrogen and oxygen atoms in total. The highest BCUT2D eigenvalue weighted by Gasteiger charge is 2.35. The van der Waals surface area contributed by atoms with Gasteiger partial charge in [0.2, 0.25) is 16.7 Å². The first-order valence-corrected chi connectivity index (χ1v) is 10.0. The zero-order valence-corrected chi connectivity index (χ0v) is 15.0. The monoisotopic (exact) mass is 373 g/mol. The molecule has 0 aliphatic carbocycles. The van der Waals surface area contributed by atoms with Crippen LogP contribution in [0.5, 0.6) is 5.88 Å². The number of thiazole rings is 1. The van der Waals surface area contributed by atoms with Gasteiger partial charge in [-0.2, -0.15) is 9.50 Å². The first-order chi connectivity index (χ1) is 12.3. The Balaban J connectivity index is 1.60. The lowest BCUT2D eigenvalue weighted by Crippen LogP contribution is -3.10. The third kappa shape index (κ3) is 2.48. The second kappa shape index (κ2) is 5.98. The van der Waals surface area contributed by atoms with E-state index in [0.717, 1.165) is 18.0 Å². The quantitative estimate of drug-likeness (QED) is 0.577. The van der Waals surface area contributed by atoms with Crippen LogP contribution in [-0.2, 0) is 0 Å². The van der Waals surface area contributed by atoms with E-state index in [1.54, 1.807) is 23.7 Å². The predicted molar refractivity (Wildman–Crippen MR) is 96.3 cm³/mol. The molecule has 0 bridgehead atoms. The van der Waals surface area contributed by atoms with Gasteiger partial charge in [0.15, 0.2) is 11.8 Å². The zero-order chi connectivity index (χ0) is 16.8. The van der Waals surface area contributed by atoms with Crippen molar-refractivity contribution in [1.29, 1.82) is 0 Å². The first-order valence-electron chi connectivity index (χ1n) is 8.31. The summed E-state index contributed by atoms with van der Waals surface area (Å²) in [6, 6.07) is 8.01. The van der Waals surface area contributed by atoms with Crippen LogP contribution in [0.2, 0.25) is 0 Å². The van der Waals surface area contributed by atoms with Crippen LogP contribution in [0.15, 0.2) is 40.3 Å². The van der Waals surface area contributed by atoms with Crippen LogP contribution < -0.4 is 4.90 Å². The van der Waals surface area contributed by atoms with E-state index in [-0.39, 0.29) is 11.9 Å². The number of nitrogens with zero attached hydrogens (tertiary/aromatic N) is 3. The average molecular weight is 373 g/mol. The molecule has 0 spiro atoms. The van der Waals surface area contributed by atoms with Crippen molar-refractivity contribution in [3.63, 3.8) is 0 Å². The lowest BCUT2D eigenvalue weighted by molar-refractivity contribution is -0.912. The van der Waals surface area contributed by atoms with Crippen LogP contribution in [0.4, 0.5) is 0 Å². The van der Waals surface area contributed by atoms with Gasteiger partial charge in [-0.05, 0) is 23.6 Å². The molecule has 8 heteroatoms. The van der Waals surface area contributed by atoms with E-state index < -0.39 is 0 Å². The van der Waals surface area contributed by atoms with E-state index >= 15 is 0 Å². The number of hydrogen-bond donors (Lipinski definition) is 2. The smallest absolute Gasteiger partial charge is 0.235 e. The Morgan fingerprint density at radius 3 is 2.80 bits per heavy atom. The van der Waals surface area contributed by atoms with Gasteiger partial charge in [0.05, 0.1) is 24.2 Å². The van der Waals surface area contributed by atoms with Gasteiger partial charge in [-0.3, -0.25) is 0 Å². The summed E-state index contributed by atoms with van der Waals surface area (Å²) in [5.41, 5.74) is 0. The molecule has 4 aromatic rings. The Hall–Kier alpha value is -2.16. The number of aromatic hydroxyl groups is 1. The van der Waals surface area contributed by atoms with Crippen molar-refractivity contribution in [3.05, 3.63) is 45.7 Å². The molecule has 128 valence electrons. The minimum atomic E-state index is 0.156. The predicted octanol–water partition coefficient (Wildman–Crippen LogP) is 2.59. The molecule has 25 heavy (non-hydrogen) atoms. The Kier molecular flexibility index (Phi) is 3.61. The fourth-order valence-corrected chi connectivity index (χ4v) is 5.64. The molecule has 1 atom stereocenters. The summed E-state index contributed by atoms with van der Waals surface area (Å²) in [4.78, 5) is 8.96. The Morgan fingerprint density at radius 1 is 1.24 bits per heavy atom. The summed E-state index contributed by atoms with van der Waals surface area (Å²) < 4.78 is 6.89. The number of aromatic nitrogens is 3. The number of rotatable bonds is 4. The molecule has 1 aliphatic rings. The van der Waals surface area contributed by atoms with Crippen molar-refractivity contribution in [1.82, 2.24) is 14.6 Å². The highest BCUT2D eigenvalue weighted by Crippen LogP contribution is 2.37. The standard InChI is InChI=1S/C17H16N4O2S2/c22-16-14(13(12-6-4-10-24-12)20-7-1-2-8-20)25-17-18-15(19-21(16)17)11-5-3-9-23-11/h3-6,9-10,13,22H,1-2,7-8H2/p+1/t13-/m0/s1. The topological polar surface area (TPSA) is 68.0 Å². The molecule has 4 aromatic heterocycles.